The Morgan fingerprint density at radius 2 is 1.69 bits per heavy atom. The second-order valence-corrected chi connectivity index (χ2v) is 2.88. The van der Waals surface area contributed by atoms with Crippen molar-refractivity contribution in [3.63, 3.8) is 0 Å². The van der Waals surface area contributed by atoms with Gasteiger partial charge < -0.3 is 30.4 Å². The molecule has 7 nitrogen and oxygen atoms in total. The molecule has 0 aromatic carbocycles. The molecule has 6 N–H and O–H groups in total. The molecule has 1 aliphatic heterocycles. The van der Waals surface area contributed by atoms with E-state index in [4.69, 9.17) is 15.1 Å². The van der Waals surface area contributed by atoms with Crippen LogP contribution in [0, 0.1) is 0 Å². The zero-order valence-corrected chi connectivity index (χ0v) is 6.74. The van der Waals surface area contributed by atoms with Crippen LogP contribution in [0.5, 0.6) is 0 Å². The molecule has 1 heterocycles. The van der Waals surface area contributed by atoms with E-state index < -0.39 is 37.3 Å². The second-order valence-electron chi connectivity index (χ2n) is 2.88. The molecule has 5 unspecified atom stereocenters. The molecule has 5 atom stereocenters. The molecule has 1 rings (SSSR count). The predicted molar refractivity (Wildman–Crippen MR) is 38.7 cm³/mol. The highest BCUT2D eigenvalue weighted by Gasteiger charge is 2.43. The van der Waals surface area contributed by atoms with Gasteiger partial charge in [0, 0.05) is 0 Å². The average Bonchev–Trinajstić information content (AvgIpc) is 2.15. The lowest BCUT2D eigenvalue weighted by molar-refractivity contribution is -0.255. The van der Waals surface area contributed by atoms with Crippen molar-refractivity contribution in [2.45, 2.75) is 30.6 Å². The molecule has 0 aliphatic carbocycles. The van der Waals surface area contributed by atoms with Crippen LogP contribution in [0.25, 0.3) is 0 Å². The lowest BCUT2D eigenvalue weighted by Gasteiger charge is -2.39. The van der Waals surface area contributed by atoms with E-state index in [1.165, 1.54) is 0 Å². The fraction of sp³-hybridized carbons (Fsp3) is 1.00. The van der Waals surface area contributed by atoms with Gasteiger partial charge in [0.05, 0.1) is 6.61 Å². The van der Waals surface area contributed by atoms with Gasteiger partial charge in [0.15, 0.2) is 6.23 Å². The van der Waals surface area contributed by atoms with Crippen LogP contribution < -0.4 is 5.48 Å². The van der Waals surface area contributed by atoms with Crippen LogP contribution in [0.2, 0.25) is 0 Å². The smallest absolute Gasteiger partial charge is 0.158 e. The monoisotopic (exact) mass is 195 g/mol. The Labute approximate surface area is 74.1 Å². The number of rotatable bonds is 2. The topological polar surface area (TPSA) is 122 Å². The summed E-state index contributed by atoms with van der Waals surface area (Å²) in [6.07, 6.45) is -6.51. The van der Waals surface area contributed by atoms with Crippen LogP contribution in [-0.2, 0) is 4.74 Å². The first-order chi connectivity index (χ1) is 6.11. The molecule has 0 amide bonds. The van der Waals surface area contributed by atoms with Crippen LogP contribution in [0.4, 0.5) is 0 Å². The lowest BCUT2D eigenvalue weighted by atomic mass is 9.99. The van der Waals surface area contributed by atoms with Gasteiger partial charge in [-0.05, 0) is 0 Å². The Balaban J connectivity index is 2.66. The fourth-order valence-corrected chi connectivity index (χ4v) is 1.21. The van der Waals surface area contributed by atoms with E-state index in [-0.39, 0.29) is 0 Å². The number of hydrogen-bond donors (Lipinski definition) is 6. The minimum atomic E-state index is -1.46. The van der Waals surface area contributed by atoms with Gasteiger partial charge in [-0.25, -0.2) is 0 Å². The van der Waals surface area contributed by atoms with Crippen LogP contribution in [-0.4, -0.2) is 62.9 Å². The normalized spacial score (nSPS) is 46.4. The Morgan fingerprint density at radius 1 is 1.08 bits per heavy atom. The summed E-state index contributed by atoms with van der Waals surface area (Å²) in [6.45, 7) is -0.511. The van der Waals surface area contributed by atoms with E-state index in [0.717, 1.165) is 0 Å². The molecular formula is C6H13NO6. The summed E-state index contributed by atoms with van der Waals surface area (Å²) in [5, 5.41) is 44.8. The summed E-state index contributed by atoms with van der Waals surface area (Å²) in [5.41, 5.74) is 1.61. The van der Waals surface area contributed by atoms with Crippen molar-refractivity contribution in [3.05, 3.63) is 0 Å². The highest BCUT2D eigenvalue weighted by atomic mass is 16.6. The Bertz CT molecular complexity index is 147. The Morgan fingerprint density at radius 3 is 2.15 bits per heavy atom. The summed E-state index contributed by atoms with van der Waals surface area (Å²) in [5.74, 6) is 0. The maximum Gasteiger partial charge on any atom is 0.158 e. The van der Waals surface area contributed by atoms with Crippen molar-refractivity contribution in [1.82, 2.24) is 5.48 Å². The van der Waals surface area contributed by atoms with Gasteiger partial charge in [0.1, 0.15) is 24.4 Å². The third-order valence-corrected chi connectivity index (χ3v) is 2.02. The van der Waals surface area contributed by atoms with Crippen molar-refractivity contribution < 1.29 is 30.4 Å². The van der Waals surface area contributed by atoms with Gasteiger partial charge in [-0.3, -0.25) is 0 Å². The average molecular weight is 195 g/mol. The summed E-state index contributed by atoms with van der Waals surface area (Å²) in [7, 11) is 0. The maximum absolute atomic E-state index is 9.22. The van der Waals surface area contributed by atoms with Crippen molar-refractivity contribution in [2.24, 2.45) is 0 Å². The van der Waals surface area contributed by atoms with E-state index in [1.54, 1.807) is 5.48 Å². The summed E-state index contributed by atoms with van der Waals surface area (Å²) in [6, 6.07) is 0. The third-order valence-electron chi connectivity index (χ3n) is 2.02. The molecule has 1 fully saturated rings. The molecule has 1 aliphatic rings. The molecule has 0 bridgehead atoms. The van der Waals surface area contributed by atoms with Crippen molar-refractivity contribution in [3.8, 4) is 0 Å². The van der Waals surface area contributed by atoms with E-state index in [2.05, 4.69) is 0 Å². The molecule has 0 saturated carbocycles. The van der Waals surface area contributed by atoms with Crippen LogP contribution >= 0.6 is 0 Å². The second kappa shape index (κ2) is 4.29. The first-order valence-corrected chi connectivity index (χ1v) is 3.82. The quantitative estimate of drug-likeness (QED) is 0.256. The molecular weight excluding hydrogens is 182 g/mol. The van der Waals surface area contributed by atoms with E-state index in [0.29, 0.717) is 0 Å². The number of ether oxygens (including phenoxy) is 1. The van der Waals surface area contributed by atoms with Crippen LogP contribution in [0.15, 0.2) is 0 Å². The largest absolute Gasteiger partial charge is 0.394 e. The zero-order valence-electron chi connectivity index (χ0n) is 6.74. The highest BCUT2D eigenvalue weighted by Crippen LogP contribution is 2.18. The van der Waals surface area contributed by atoms with Crippen LogP contribution in [0.1, 0.15) is 0 Å². The van der Waals surface area contributed by atoms with Gasteiger partial charge in [-0.2, -0.15) is 5.48 Å². The number of hydroxylamine groups is 1. The number of nitrogens with one attached hydrogen (secondary N) is 1. The minimum absolute atomic E-state index is 0.511. The number of aliphatic hydroxyl groups excluding tert-OH is 4. The summed E-state index contributed by atoms with van der Waals surface area (Å²) >= 11 is 0. The van der Waals surface area contributed by atoms with Gasteiger partial charge >= 0.3 is 0 Å². The number of aliphatic hydroxyl groups is 4. The first kappa shape index (κ1) is 10.8. The van der Waals surface area contributed by atoms with E-state index in [1.807, 2.05) is 0 Å². The standard InChI is InChI=1S/C6H13NO6/c8-1-2-3(9)4(10)5(11)6(7-12)13-2/h2-12H,1H2. The van der Waals surface area contributed by atoms with Crippen molar-refractivity contribution in [2.75, 3.05) is 6.61 Å². The predicted octanol–water partition coefficient (Wildman–Crippen LogP) is -3.23. The number of hydrogen-bond acceptors (Lipinski definition) is 7. The molecule has 0 spiro atoms. The fourth-order valence-electron chi connectivity index (χ4n) is 1.21. The zero-order chi connectivity index (χ0) is 10.0. The van der Waals surface area contributed by atoms with Crippen molar-refractivity contribution >= 4 is 0 Å². The van der Waals surface area contributed by atoms with Gasteiger partial charge in [-0.15, -0.1) is 0 Å². The van der Waals surface area contributed by atoms with E-state index in [9.17, 15) is 15.3 Å². The SMILES string of the molecule is OCC1OC(NO)C(O)C(O)C1O. The van der Waals surface area contributed by atoms with Crippen molar-refractivity contribution in [1.29, 1.82) is 0 Å². The first-order valence-electron chi connectivity index (χ1n) is 3.82. The molecule has 13 heavy (non-hydrogen) atoms. The van der Waals surface area contributed by atoms with Gasteiger partial charge in [-0.1, -0.05) is 0 Å². The third kappa shape index (κ3) is 1.97. The van der Waals surface area contributed by atoms with E-state index >= 15 is 0 Å². The van der Waals surface area contributed by atoms with Gasteiger partial charge in [0.25, 0.3) is 0 Å². The molecule has 78 valence electrons. The molecule has 0 radical (unpaired) electrons. The summed E-state index contributed by atoms with van der Waals surface area (Å²) < 4.78 is 4.81. The molecule has 0 aromatic rings. The minimum Gasteiger partial charge on any atom is -0.394 e. The maximum atomic E-state index is 9.22. The Kier molecular flexibility index (Phi) is 3.56. The summed E-state index contributed by atoms with van der Waals surface area (Å²) in [4.78, 5) is 0. The molecule has 1 saturated heterocycles. The Hall–Kier alpha value is -0.280. The lowest BCUT2D eigenvalue weighted by Crippen LogP contribution is -2.61. The van der Waals surface area contributed by atoms with Crippen LogP contribution in [0.3, 0.4) is 0 Å². The highest BCUT2D eigenvalue weighted by molar-refractivity contribution is 4.89. The molecule has 7 heteroatoms. The molecule has 0 aromatic heterocycles. The van der Waals surface area contributed by atoms with Gasteiger partial charge in [0.2, 0.25) is 0 Å².